The molecule has 4 nitrogen and oxygen atoms in total. The first-order chi connectivity index (χ1) is 9.11. The summed E-state index contributed by atoms with van der Waals surface area (Å²) in [4.78, 5) is 27.2. The minimum absolute atomic E-state index is 0.0435. The predicted octanol–water partition coefficient (Wildman–Crippen LogP) is 3.11. The van der Waals surface area contributed by atoms with Crippen molar-refractivity contribution >= 4 is 28.2 Å². The van der Waals surface area contributed by atoms with Gasteiger partial charge in [-0.2, -0.15) is 0 Å². The lowest BCUT2D eigenvalue weighted by Gasteiger charge is -2.20. The molecule has 1 heterocycles. The first-order valence-corrected chi connectivity index (χ1v) is 7.76. The fourth-order valence-electron chi connectivity index (χ4n) is 3.53. The van der Waals surface area contributed by atoms with Crippen molar-refractivity contribution in [2.45, 2.75) is 39.0 Å². The van der Waals surface area contributed by atoms with Crippen LogP contribution in [0.4, 0.5) is 5.13 Å². The number of nitrogens with one attached hydrogen (secondary N) is 1. The number of aromatic nitrogens is 1. The highest BCUT2D eigenvalue weighted by molar-refractivity contribution is 7.14. The quantitative estimate of drug-likeness (QED) is 0.861. The molecule has 0 spiro atoms. The number of carbonyl (C=O) groups is 2. The lowest BCUT2D eigenvalue weighted by atomic mass is 9.86. The number of Topliss-reactive ketones (excluding diaryl/α,β-unsaturated/α-hetero) is 1. The maximum absolute atomic E-state index is 12.0. The number of hydrogen-bond donors (Lipinski definition) is 1. The molecule has 2 bridgehead atoms. The predicted molar refractivity (Wildman–Crippen MR) is 74.3 cm³/mol. The van der Waals surface area contributed by atoms with E-state index in [2.05, 4.69) is 10.3 Å². The number of anilines is 1. The summed E-state index contributed by atoms with van der Waals surface area (Å²) in [6.45, 7) is 1.48. The number of amides is 1. The zero-order valence-corrected chi connectivity index (χ0v) is 11.8. The van der Waals surface area contributed by atoms with Crippen LogP contribution < -0.4 is 5.32 Å². The normalized spacial score (nSPS) is 28.6. The van der Waals surface area contributed by atoms with E-state index in [1.165, 1.54) is 43.9 Å². The number of rotatable bonds is 4. The molecule has 1 aromatic rings. The van der Waals surface area contributed by atoms with Crippen LogP contribution in [0.25, 0.3) is 0 Å². The van der Waals surface area contributed by atoms with Gasteiger partial charge >= 0.3 is 0 Å². The molecule has 0 saturated heterocycles. The van der Waals surface area contributed by atoms with Crippen LogP contribution in [-0.4, -0.2) is 16.7 Å². The molecule has 0 aromatic carbocycles. The lowest BCUT2D eigenvalue weighted by Crippen LogP contribution is -2.20. The number of thiazole rings is 1. The number of ketones is 1. The molecule has 1 amide bonds. The highest BCUT2D eigenvalue weighted by atomic mass is 32.1. The van der Waals surface area contributed by atoms with E-state index in [1.54, 1.807) is 5.38 Å². The molecule has 19 heavy (non-hydrogen) atoms. The molecule has 102 valence electrons. The van der Waals surface area contributed by atoms with Crippen LogP contribution in [0.3, 0.4) is 0 Å². The maximum atomic E-state index is 12.0. The summed E-state index contributed by atoms with van der Waals surface area (Å²) >= 11 is 1.32. The van der Waals surface area contributed by atoms with Crippen LogP contribution in [0.1, 0.15) is 49.5 Å². The molecular formula is C14H18N2O2S. The second-order valence-electron chi connectivity index (χ2n) is 5.78. The van der Waals surface area contributed by atoms with Gasteiger partial charge in [-0.05, 0) is 37.0 Å². The average Bonchev–Trinajstić information content (AvgIpc) is 3.03. The van der Waals surface area contributed by atoms with Gasteiger partial charge in [0.2, 0.25) is 5.91 Å². The zero-order chi connectivity index (χ0) is 13.4. The van der Waals surface area contributed by atoms with Gasteiger partial charge in [0.15, 0.2) is 10.9 Å². The Morgan fingerprint density at radius 3 is 2.84 bits per heavy atom. The van der Waals surface area contributed by atoms with E-state index in [1.807, 2.05) is 0 Å². The van der Waals surface area contributed by atoms with Crippen molar-refractivity contribution in [3.05, 3.63) is 11.1 Å². The zero-order valence-electron chi connectivity index (χ0n) is 11.0. The maximum Gasteiger partial charge on any atom is 0.226 e. The van der Waals surface area contributed by atoms with Crippen molar-refractivity contribution in [3.8, 4) is 0 Å². The second kappa shape index (κ2) is 5.04. The average molecular weight is 278 g/mol. The van der Waals surface area contributed by atoms with Gasteiger partial charge < -0.3 is 5.32 Å². The van der Waals surface area contributed by atoms with Crippen molar-refractivity contribution in [2.24, 2.45) is 17.8 Å². The van der Waals surface area contributed by atoms with Crippen molar-refractivity contribution < 1.29 is 9.59 Å². The third-order valence-corrected chi connectivity index (χ3v) is 5.20. The van der Waals surface area contributed by atoms with Crippen LogP contribution in [0, 0.1) is 17.8 Å². The van der Waals surface area contributed by atoms with Gasteiger partial charge in [0.25, 0.3) is 0 Å². The van der Waals surface area contributed by atoms with Crippen molar-refractivity contribution in [1.29, 1.82) is 0 Å². The Bertz CT molecular complexity index is 511. The molecular weight excluding hydrogens is 260 g/mol. The number of fused-ring (bicyclic) bond motifs is 2. The van der Waals surface area contributed by atoms with E-state index in [4.69, 9.17) is 0 Å². The topological polar surface area (TPSA) is 59.1 Å². The molecule has 1 aromatic heterocycles. The fourth-order valence-corrected chi connectivity index (χ4v) is 4.29. The Morgan fingerprint density at radius 2 is 2.26 bits per heavy atom. The van der Waals surface area contributed by atoms with Crippen LogP contribution >= 0.6 is 11.3 Å². The monoisotopic (exact) mass is 278 g/mol. The minimum Gasteiger partial charge on any atom is -0.302 e. The Hall–Kier alpha value is -1.23. The smallest absolute Gasteiger partial charge is 0.226 e. The van der Waals surface area contributed by atoms with Gasteiger partial charge in [0.05, 0.1) is 0 Å². The standard InChI is InChI=1S/C14H18N2O2S/c1-8(17)12-7-19-14(15-12)16-13(18)6-11-5-9-2-3-10(11)4-9/h7,9-11H,2-6H2,1H3,(H,15,16,18). The molecule has 2 fully saturated rings. The second-order valence-corrected chi connectivity index (χ2v) is 6.64. The lowest BCUT2D eigenvalue weighted by molar-refractivity contribution is -0.117. The molecule has 3 unspecified atom stereocenters. The Morgan fingerprint density at radius 1 is 1.42 bits per heavy atom. The summed E-state index contributed by atoms with van der Waals surface area (Å²) in [5.41, 5.74) is 0.431. The number of hydrogen-bond acceptors (Lipinski definition) is 4. The molecule has 5 heteroatoms. The third-order valence-electron chi connectivity index (χ3n) is 4.44. The van der Waals surface area contributed by atoms with E-state index < -0.39 is 0 Å². The molecule has 3 atom stereocenters. The molecule has 3 rings (SSSR count). The molecule has 2 aliphatic carbocycles. The summed E-state index contributed by atoms with van der Waals surface area (Å²) in [7, 11) is 0. The summed E-state index contributed by atoms with van der Waals surface area (Å²) in [6, 6.07) is 0. The molecule has 2 saturated carbocycles. The van der Waals surface area contributed by atoms with E-state index in [0.29, 0.717) is 23.2 Å². The first-order valence-electron chi connectivity index (χ1n) is 6.88. The van der Waals surface area contributed by atoms with Gasteiger partial charge in [-0.25, -0.2) is 4.98 Å². The minimum atomic E-state index is -0.0650. The Labute approximate surface area is 116 Å². The molecule has 0 radical (unpaired) electrons. The summed E-state index contributed by atoms with van der Waals surface area (Å²) < 4.78 is 0. The fraction of sp³-hybridized carbons (Fsp3) is 0.643. The van der Waals surface area contributed by atoms with E-state index >= 15 is 0 Å². The van der Waals surface area contributed by atoms with E-state index in [-0.39, 0.29) is 11.7 Å². The molecule has 0 aliphatic heterocycles. The molecule has 2 aliphatic rings. The van der Waals surface area contributed by atoms with Crippen molar-refractivity contribution in [2.75, 3.05) is 5.32 Å². The van der Waals surface area contributed by atoms with Crippen molar-refractivity contribution in [1.82, 2.24) is 4.98 Å². The van der Waals surface area contributed by atoms with Gasteiger partial charge in [-0.3, -0.25) is 9.59 Å². The number of carbonyl (C=O) groups excluding carboxylic acids is 2. The number of nitrogens with zero attached hydrogens (tertiary/aromatic N) is 1. The van der Waals surface area contributed by atoms with Crippen molar-refractivity contribution in [3.63, 3.8) is 0 Å². The van der Waals surface area contributed by atoms with Gasteiger partial charge in [0, 0.05) is 18.7 Å². The molecule has 1 N–H and O–H groups in total. The van der Waals surface area contributed by atoms with Crippen LogP contribution in [0.15, 0.2) is 5.38 Å². The largest absolute Gasteiger partial charge is 0.302 e. The highest BCUT2D eigenvalue weighted by Gasteiger charge is 2.40. The highest BCUT2D eigenvalue weighted by Crippen LogP contribution is 2.49. The SMILES string of the molecule is CC(=O)c1csc(NC(=O)CC2CC3CCC2C3)n1. The van der Waals surface area contributed by atoms with Crippen LogP contribution in [0.5, 0.6) is 0 Å². The van der Waals surface area contributed by atoms with Crippen LogP contribution in [0.2, 0.25) is 0 Å². The summed E-state index contributed by atoms with van der Waals surface area (Å²) in [5.74, 6) is 2.17. The Balaban J connectivity index is 1.54. The van der Waals surface area contributed by atoms with E-state index in [9.17, 15) is 9.59 Å². The summed E-state index contributed by atoms with van der Waals surface area (Å²) in [5, 5.41) is 5.05. The summed E-state index contributed by atoms with van der Waals surface area (Å²) in [6.07, 6.45) is 5.81. The van der Waals surface area contributed by atoms with Gasteiger partial charge in [-0.1, -0.05) is 6.42 Å². The third kappa shape index (κ3) is 2.71. The Kier molecular flexibility index (Phi) is 3.39. The van der Waals surface area contributed by atoms with Gasteiger partial charge in [0.1, 0.15) is 5.69 Å². The van der Waals surface area contributed by atoms with E-state index in [0.717, 1.165) is 11.8 Å². The first kappa shape index (κ1) is 12.8. The van der Waals surface area contributed by atoms with Crippen LogP contribution in [-0.2, 0) is 4.79 Å². The van der Waals surface area contributed by atoms with Gasteiger partial charge in [-0.15, -0.1) is 11.3 Å².